The smallest absolute Gasteiger partial charge is 0.340 e. The highest BCUT2D eigenvalue weighted by Crippen LogP contribution is 2.23. The molecule has 0 amide bonds. The minimum absolute atomic E-state index is 0. The Bertz CT molecular complexity index is 647. The molecule has 1 aromatic rings. The molecule has 0 unspecified atom stereocenters. The summed E-state index contributed by atoms with van der Waals surface area (Å²) in [5, 5.41) is 0. The van der Waals surface area contributed by atoms with E-state index >= 15 is 0 Å². The second-order valence-corrected chi connectivity index (χ2v) is 6.00. The van der Waals surface area contributed by atoms with Gasteiger partial charge in [-0.3, -0.25) is 0 Å². The van der Waals surface area contributed by atoms with Gasteiger partial charge in [-0.25, -0.2) is 8.42 Å². The van der Waals surface area contributed by atoms with Crippen LogP contribution in [-0.4, -0.2) is 21.4 Å². The Kier molecular flexibility index (Phi) is 5.05. The van der Waals surface area contributed by atoms with Crippen LogP contribution in [0, 0.1) is 0 Å². The monoisotopic (exact) mass is 295 g/mol. The third kappa shape index (κ3) is 3.81. The molecule has 9 heteroatoms. The highest BCUT2D eigenvalue weighted by molar-refractivity contribution is 7.89. The van der Waals surface area contributed by atoms with Crippen molar-refractivity contribution in [1.29, 1.82) is 0 Å². The maximum absolute atomic E-state index is 11.6. The first-order valence-electron chi connectivity index (χ1n) is 4.29. The molecule has 102 valence electrons. The first kappa shape index (κ1) is 16.6. The van der Waals surface area contributed by atoms with Crippen LogP contribution in [-0.2, 0) is 24.4 Å². The number of rotatable bonds is 4. The van der Waals surface area contributed by atoms with Crippen LogP contribution in [0.5, 0.6) is 0 Å². The van der Waals surface area contributed by atoms with Gasteiger partial charge in [-0.1, -0.05) is 18.7 Å². The van der Waals surface area contributed by atoms with Gasteiger partial charge < -0.3 is 14.9 Å². The molecular formula is C9H13NO6S2. The number of quaternary nitrogens is 1. The second-order valence-electron chi connectivity index (χ2n) is 3.14. The summed E-state index contributed by atoms with van der Waals surface area (Å²) < 4.78 is 60.3. The van der Waals surface area contributed by atoms with Crippen molar-refractivity contribution in [2.45, 2.75) is 16.7 Å². The SMILES string of the molecule is C=C(C)OS(=O)(=O)c1ccccc1S(=O)(=O)[O-].[NH4+]. The average molecular weight is 295 g/mol. The van der Waals surface area contributed by atoms with Gasteiger partial charge in [0.2, 0.25) is 0 Å². The molecule has 1 aromatic carbocycles. The van der Waals surface area contributed by atoms with E-state index in [4.69, 9.17) is 0 Å². The molecule has 0 saturated carbocycles. The lowest BCUT2D eigenvalue weighted by atomic mass is 10.4. The largest absolute Gasteiger partial charge is 0.744 e. The van der Waals surface area contributed by atoms with Crippen molar-refractivity contribution in [2.75, 3.05) is 0 Å². The summed E-state index contributed by atoms with van der Waals surface area (Å²) in [6, 6.07) is 4.40. The zero-order chi connectivity index (χ0) is 13.3. The van der Waals surface area contributed by atoms with Crippen LogP contribution < -0.4 is 6.15 Å². The van der Waals surface area contributed by atoms with Gasteiger partial charge in [0.15, 0.2) is 0 Å². The molecule has 18 heavy (non-hydrogen) atoms. The Balaban J connectivity index is 0.00000289. The van der Waals surface area contributed by atoms with Gasteiger partial charge in [0.05, 0.1) is 4.90 Å². The zero-order valence-electron chi connectivity index (χ0n) is 9.78. The van der Waals surface area contributed by atoms with Gasteiger partial charge >= 0.3 is 10.1 Å². The Morgan fingerprint density at radius 1 is 1.17 bits per heavy atom. The summed E-state index contributed by atoms with van der Waals surface area (Å²) in [7, 11) is -9.24. The summed E-state index contributed by atoms with van der Waals surface area (Å²) in [4.78, 5) is -1.54. The first-order chi connectivity index (χ1) is 7.64. The molecule has 0 aromatic heterocycles. The Morgan fingerprint density at radius 2 is 1.61 bits per heavy atom. The van der Waals surface area contributed by atoms with E-state index in [9.17, 15) is 21.4 Å². The molecule has 0 heterocycles. The molecule has 0 fully saturated rings. The van der Waals surface area contributed by atoms with Gasteiger partial charge in [-0.2, -0.15) is 8.42 Å². The fourth-order valence-corrected chi connectivity index (χ4v) is 3.29. The predicted octanol–water partition coefficient (Wildman–Crippen LogP) is 1.21. The van der Waals surface area contributed by atoms with Gasteiger partial charge in [0, 0.05) is 0 Å². The minimum atomic E-state index is -4.89. The van der Waals surface area contributed by atoms with Crippen molar-refractivity contribution < 1.29 is 25.6 Å². The van der Waals surface area contributed by atoms with Crippen LogP contribution in [0.1, 0.15) is 6.92 Å². The summed E-state index contributed by atoms with van der Waals surface area (Å²) in [5.41, 5.74) is 0. The van der Waals surface area contributed by atoms with E-state index in [0.29, 0.717) is 0 Å². The first-order valence-corrected chi connectivity index (χ1v) is 7.11. The van der Waals surface area contributed by atoms with Crippen molar-refractivity contribution in [1.82, 2.24) is 6.15 Å². The van der Waals surface area contributed by atoms with E-state index in [2.05, 4.69) is 10.8 Å². The Labute approximate surface area is 106 Å². The summed E-state index contributed by atoms with van der Waals surface area (Å²) in [6.45, 7) is 4.51. The lowest BCUT2D eigenvalue weighted by molar-refractivity contribution is 0.406. The molecule has 0 spiro atoms. The standard InChI is InChI=1S/C9H10O6S2.H3N/c1-7(2)15-17(13,14)9-6-4-3-5-8(9)16(10,11)12;/h3-6H,1H2,2H3,(H,10,11,12);1H3. The predicted molar refractivity (Wildman–Crippen MR) is 63.5 cm³/mol. The number of hydrogen-bond acceptors (Lipinski definition) is 6. The van der Waals surface area contributed by atoms with Crippen LogP contribution in [0.25, 0.3) is 0 Å². The van der Waals surface area contributed by atoms with Crippen molar-refractivity contribution >= 4 is 20.2 Å². The van der Waals surface area contributed by atoms with Crippen LogP contribution >= 0.6 is 0 Å². The molecule has 0 aliphatic heterocycles. The fourth-order valence-electron chi connectivity index (χ4n) is 1.10. The Morgan fingerprint density at radius 3 is 2.00 bits per heavy atom. The highest BCUT2D eigenvalue weighted by atomic mass is 32.2. The number of allylic oxidation sites excluding steroid dienone is 1. The lowest BCUT2D eigenvalue weighted by Crippen LogP contribution is -2.11. The molecule has 4 N–H and O–H groups in total. The van der Waals surface area contributed by atoms with Crippen LogP contribution in [0.15, 0.2) is 46.4 Å². The highest BCUT2D eigenvalue weighted by Gasteiger charge is 2.22. The second kappa shape index (κ2) is 5.48. The maximum Gasteiger partial charge on any atom is 0.340 e. The third-order valence-electron chi connectivity index (χ3n) is 1.64. The van der Waals surface area contributed by atoms with Crippen molar-refractivity contribution in [3.8, 4) is 0 Å². The number of hydrogen-bond donors (Lipinski definition) is 1. The molecule has 0 aliphatic carbocycles. The average Bonchev–Trinajstić information content (AvgIpc) is 2.14. The fraction of sp³-hybridized carbons (Fsp3) is 0.111. The minimum Gasteiger partial charge on any atom is -0.744 e. The van der Waals surface area contributed by atoms with E-state index < -0.39 is 30.0 Å². The quantitative estimate of drug-likeness (QED) is 0.503. The van der Waals surface area contributed by atoms with Gasteiger partial charge in [-0.15, -0.1) is 0 Å². The van der Waals surface area contributed by atoms with E-state index in [1.54, 1.807) is 0 Å². The Hall–Kier alpha value is -1.42. The van der Waals surface area contributed by atoms with Crippen molar-refractivity contribution in [3.63, 3.8) is 0 Å². The molecule has 7 nitrogen and oxygen atoms in total. The van der Waals surface area contributed by atoms with Crippen LogP contribution in [0.4, 0.5) is 0 Å². The molecule has 0 atom stereocenters. The molecular weight excluding hydrogens is 282 g/mol. The van der Waals surface area contributed by atoms with Gasteiger partial charge in [-0.05, 0) is 19.1 Å². The number of benzene rings is 1. The maximum atomic E-state index is 11.6. The van der Waals surface area contributed by atoms with Gasteiger partial charge in [0.1, 0.15) is 20.8 Å². The molecule has 0 bridgehead atoms. The van der Waals surface area contributed by atoms with E-state index in [1.807, 2.05) is 0 Å². The summed E-state index contributed by atoms with van der Waals surface area (Å²) in [6.07, 6.45) is 0. The van der Waals surface area contributed by atoms with Crippen LogP contribution in [0.3, 0.4) is 0 Å². The van der Waals surface area contributed by atoms with Crippen LogP contribution in [0.2, 0.25) is 0 Å². The van der Waals surface area contributed by atoms with E-state index in [0.717, 1.165) is 12.1 Å². The molecule has 0 radical (unpaired) electrons. The van der Waals surface area contributed by atoms with Crippen molar-refractivity contribution in [3.05, 3.63) is 36.6 Å². The summed E-state index contributed by atoms with van der Waals surface area (Å²) >= 11 is 0. The zero-order valence-corrected chi connectivity index (χ0v) is 11.4. The molecule has 0 saturated heterocycles. The third-order valence-corrected chi connectivity index (χ3v) is 4.06. The normalized spacial score (nSPS) is 11.4. The lowest BCUT2D eigenvalue weighted by Gasteiger charge is -2.13. The van der Waals surface area contributed by atoms with Gasteiger partial charge in [0.25, 0.3) is 0 Å². The van der Waals surface area contributed by atoms with E-state index in [1.165, 1.54) is 19.1 Å². The van der Waals surface area contributed by atoms with Crippen molar-refractivity contribution in [2.24, 2.45) is 0 Å². The molecule has 1 rings (SSSR count). The molecule has 0 aliphatic rings. The topological polar surface area (TPSA) is 137 Å². The van der Waals surface area contributed by atoms with E-state index in [-0.39, 0.29) is 11.9 Å². The summed E-state index contributed by atoms with van der Waals surface area (Å²) in [5.74, 6) is -0.136.